The number of fused-ring (bicyclic) bond motifs is 1. The maximum atomic E-state index is 12.5. The third-order valence-electron chi connectivity index (χ3n) is 6.15. The summed E-state index contributed by atoms with van der Waals surface area (Å²) in [7, 11) is -10.7. The van der Waals surface area contributed by atoms with E-state index in [9.17, 15) is 38.7 Å². The monoisotopic (exact) mass is 698 g/mol. The van der Waals surface area contributed by atoms with E-state index in [4.69, 9.17) is 25.5 Å². The molecule has 21 nitrogen and oxygen atoms in total. The second kappa shape index (κ2) is 12.1. The molecule has 5 rings (SSSR count). The van der Waals surface area contributed by atoms with Gasteiger partial charge in [-0.2, -0.15) is 14.3 Å². The number of aromatic amines is 1. The number of thiol groups is 2. The van der Waals surface area contributed by atoms with Gasteiger partial charge in [-0.15, -0.1) is 25.3 Å². The van der Waals surface area contributed by atoms with E-state index in [1.165, 1.54) is 6.07 Å². The summed E-state index contributed by atoms with van der Waals surface area (Å²) in [6.07, 6.45) is -6.44. The summed E-state index contributed by atoms with van der Waals surface area (Å²) in [6.45, 7) is -1.70. The van der Waals surface area contributed by atoms with Gasteiger partial charge in [-0.1, -0.05) is 0 Å². The lowest BCUT2D eigenvalue weighted by molar-refractivity contribution is -0.0542. The molecule has 7 atom stereocenters. The average Bonchev–Trinajstić information content (AvgIpc) is 3.20. The molecule has 3 aliphatic rings. The number of H-pyrrole nitrogens is 1. The number of nitrogens with two attached hydrogens (primary N) is 2. The van der Waals surface area contributed by atoms with Crippen molar-refractivity contribution in [2.45, 2.75) is 30.6 Å². The molecule has 0 bridgehead atoms. The van der Waals surface area contributed by atoms with Gasteiger partial charge in [0, 0.05) is 16.0 Å². The number of ether oxygens (including phenoxy) is 2. The lowest BCUT2D eigenvalue weighted by Crippen LogP contribution is -2.36. The standard InChI is InChI=1S/C19H24N8O13P2S2/c20-7-1-2-27(19(31)22-7)17-11(29)10(28)5(39-17)3-36-41(32,33)40-42(34,35)37-4-6-12(43)13(44)8-16(38-6)24-14-9(23-8)15(30)26-18(21)25-14/h1-2,5-6,10-11,17,23,28-29,43-44H,3-4H2,(H,32,33)(H,34,35)(H2,20,22,31)(H4,21,24,25,26,30)/t5-,6?,10-,11-,17-/m1/s1. The summed E-state index contributed by atoms with van der Waals surface area (Å²) in [5.41, 5.74) is 9.67. The van der Waals surface area contributed by atoms with Gasteiger partial charge in [0.15, 0.2) is 18.1 Å². The van der Waals surface area contributed by atoms with Crippen LogP contribution in [-0.4, -0.2) is 77.1 Å². The van der Waals surface area contributed by atoms with Crippen molar-refractivity contribution in [2.24, 2.45) is 0 Å². The SMILES string of the molecule is Nc1ccn([C@@H]2O[C@H](COP(=O)(O)OP(=O)(O)OCC3OC4=C(Nc5c(nc(N)[nH]c5=O)N4)C(S)=C3S)[C@@H](O)[C@H]2O)c(=O)n1. The van der Waals surface area contributed by atoms with E-state index >= 15 is 0 Å². The van der Waals surface area contributed by atoms with E-state index in [1.54, 1.807) is 0 Å². The predicted molar refractivity (Wildman–Crippen MR) is 155 cm³/mol. The maximum absolute atomic E-state index is 12.5. The highest BCUT2D eigenvalue weighted by Gasteiger charge is 2.46. The summed E-state index contributed by atoms with van der Waals surface area (Å²) in [5, 5.41) is 26.1. The third kappa shape index (κ3) is 6.68. The molecule has 44 heavy (non-hydrogen) atoms. The molecule has 0 spiro atoms. The minimum Gasteiger partial charge on any atom is -0.466 e. The van der Waals surface area contributed by atoms with Crippen molar-refractivity contribution in [1.82, 2.24) is 19.5 Å². The molecule has 5 heterocycles. The molecule has 0 radical (unpaired) electrons. The molecule has 0 aliphatic carbocycles. The highest BCUT2D eigenvalue weighted by molar-refractivity contribution is 7.88. The summed E-state index contributed by atoms with van der Waals surface area (Å²) in [6, 6.07) is 1.23. The van der Waals surface area contributed by atoms with Gasteiger partial charge in [-0.05, 0) is 6.07 Å². The molecule has 240 valence electrons. The van der Waals surface area contributed by atoms with Gasteiger partial charge in [0.1, 0.15) is 42.1 Å². The second-order valence-corrected chi connectivity index (χ2v) is 13.1. The zero-order valence-electron chi connectivity index (χ0n) is 21.7. The average molecular weight is 699 g/mol. The summed E-state index contributed by atoms with van der Waals surface area (Å²) < 4.78 is 50.6. The lowest BCUT2D eigenvalue weighted by atomic mass is 10.1. The van der Waals surface area contributed by atoms with Crippen LogP contribution in [0.15, 0.2) is 43.2 Å². The molecule has 1 saturated heterocycles. The Kier molecular flexibility index (Phi) is 8.94. The van der Waals surface area contributed by atoms with Crippen molar-refractivity contribution < 1.29 is 52.0 Å². The Morgan fingerprint density at radius 2 is 1.73 bits per heavy atom. The Bertz CT molecular complexity index is 1770. The van der Waals surface area contributed by atoms with Gasteiger partial charge in [0.25, 0.3) is 5.56 Å². The highest BCUT2D eigenvalue weighted by Crippen LogP contribution is 2.61. The van der Waals surface area contributed by atoms with Gasteiger partial charge >= 0.3 is 21.3 Å². The minimum atomic E-state index is -5.37. The number of nitrogen functional groups attached to an aromatic ring is 2. The van der Waals surface area contributed by atoms with Crippen LogP contribution in [0.4, 0.5) is 23.3 Å². The Balaban J connectivity index is 1.18. The number of hydrogen-bond acceptors (Lipinski definition) is 19. The summed E-state index contributed by atoms with van der Waals surface area (Å²) >= 11 is 8.63. The van der Waals surface area contributed by atoms with Crippen LogP contribution in [0, 0.1) is 0 Å². The smallest absolute Gasteiger partial charge is 0.466 e. The number of phosphoric ester groups is 2. The molecule has 2 aromatic rings. The van der Waals surface area contributed by atoms with Crippen molar-refractivity contribution in [1.29, 1.82) is 0 Å². The zero-order chi connectivity index (χ0) is 32.1. The normalized spacial score (nSPS) is 27.4. The van der Waals surface area contributed by atoms with E-state index in [1.807, 2.05) is 0 Å². The maximum Gasteiger partial charge on any atom is 0.481 e. The molecule has 1 fully saturated rings. The summed E-state index contributed by atoms with van der Waals surface area (Å²) in [5.74, 6) is -0.306. The quantitative estimate of drug-likeness (QED) is 0.105. The molecule has 11 N–H and O–H groups in total. The van der Waals surface area contributed by atoms with Crippen molar-refractivity contribution in [3.8, 4) is 0 Å². The van der Waals surface area contributed by atoms with Crippen LogP contribution >= 0.6 is 40.9 Å². The van der Waals surface area contributed by atoms with E-state index in [-0.39, 0.29) is 44.7 Å². The fourth-order valence-corrected chi connectivity index (χ4v) is 6.74. The Hall–Kier alpha value is -2.92. The van der Waals surface area contributed by atoms with Crippen LogP contribution in [0.1, 0.15) is 6.23 Å². The number of aliphatic hydroxyl groups is 2. The number of anilines is 4. The molecule has 25 heteroatoms. The van der Waals surface area contributed by atoms with Crippen LogP contribution in [0.3, 0.4) is 0 Å². The molecule has 0 saturated carbocycles. The van der Waals surface area contributed by atoms with Gasteiger partial charge in [0.2, 0.25) is 11.8 Å². The number of nitrogens with zero attached hydrogens (tertiary/aromatic N) is 3. The molecule has 0 amide bonds. The van der Waals surface area contributed by atoms with Gasteiger partial charge in [0.05, 0.1) is 6.61 Å². The lowest BCUT2D eigenvalue weighted by Gasteiger charge is -2.33. The topological polar surface area (TPSA) is 318 Å². The van der Waals surface area contributed by atoms with Gasteiger partial charge in [-0.3, -0.25) is 23.4 Å². The first kappa shape index (κ1) is 32.5. The first-order chi connectivity index (χ1) is 20.5. The Morgan fingerprint density at radius 1 is 1.05 bits per heavy atom. The Morgan fingerprint density at radius 3 is 2.41 bits per heavy atom. The van der Waals surface area contributed by atoms with Gasteiger partial charge < -0.3 is 51.6 Å². The number of phosphoric acid groups is 2. The van der Waals surface area contributed by atoms with Crippen LogP contribution in [0.5, 0.6) is 0 Å². The van der Waals surface area contributed by atoms with Crippen molar-refractivity contribution in [3.63, 3.8) is 0 Å². The van der Waals surface area contributed by atoms with E-state index in [2.05, 4.69) is 59.7 Å². The third-order valence-corrected chi connectivity index (χ3v) is 9.91. The first-order valence-electron chi connectivity index (χ1n) is 12.0. The largest absolute Gasteiger partial charge is 0.481 e. The molecule has 2 aromatic heterocycles. The molecule has 3 aliphatic heterocycles. The van der Waals surface area contributed by atoms with Crippen molar-refractivity contribution in [3.05, 3.63) is 54.5 Å². The summed E-state index contributed by atoms with van der Waals surface area (Å²) in [4.78, 5) is 54.3. The number of nitrogens with one attached hydrogen (secondary N) is 3. The first-order valence-corrected chi connectivity index (χ1v) is 15.9. The fourth-order valence-electron chi connectivity index (χ4n) is 4.12. The predicted octanol–water partition coefficient (Wildman–Crippen LogP) is -1.46. The highest BCUT2D eigenvalue weighted by atomic mass is 32.1. The van der Waals surface area contributed by atoms with Crippen LogP contribution in [-0.2, 0) is 32.0 Å². The van der Waals surface area contributed by atoms with E-state index in [0.717, 1.165) is 10.8 Å². The molecule has 3 unspecified atom stereocenters. The molecular weight excluding hydrogens is 674 g/mol. The number of rotatable bonds is 9. The second-order valence-electron chi connectivity index (χ2n) is 9.17. The number of aromatic nitrogens is 4. The molecular formula is C19H24N8O13P2S2. The minimum absolute atomic E-state index is 0.00705. The van der Waals surface area contributed by atoms with E-state index in [0.29, 0.717) is 0 Å². The zero-order valence-corrected chi connectivity index (χ0v) is 25.3. The van der Waals surface area contributed by atoms with Crippen LogP contribution < -0.4 is 33.3 Å². The number of aliphatic hydroxyl groups excluding tert-OH is 2. The van der Waals surface area contributed by atoms with Crippen LogP contribution in [0.25, 0.3) is 0 Å². The molecule has 0 aromatic carbocycles. The Labute approximate surface area is 255 Å². The van der Waals surface area contributed by atoms with Gasteiger partial charge in [-0.25, -0.2) is 13.9 Å². The fraction of sp³-hybridized carbons (Fsp3) is 0.368. The number of hydrogen-bond donors (Lipinski definition) is 11. The van der Waals surface area contributed by atoms with Crippen molar-refractivity contribution in [2.75, 3.05) is 35.3 Å². The van der Waals surface area contributed by atoms with Crippen molar-refractivity contribution >= 4 is 64.2 Å². The van der Waals surface area contributed by atoms with Crippen LogP contribution in [0.2, 0.25) is 0 Å². The van der Waals surface area contributed by atoms with E-state index < -0.39 is 70.8 Å².